The van der Waals surface area contributed by atoms with E-state index in [2.05, 4.69) is 32.5 Å². The number of hydrogen-bond acceptors (Lipinski definition) is 9. The number of nitrogens with one attached hydrogen (secondary N) is 2. The molecule has 1 aliphatic rings. The summed E-state index contributed by atoms with van der Waals surface area (Å²) in [4.78, 5) is 24.2. The molecule has 3 aromatic rings. The SMILES string of the molecule is CC.CCCC1(COc2c(Cl)cnc3ccc(OC)nc23)CCC(NCc2ccc(OCC=O)c(NC)n2)CC1. The molecule has 0 amide bonds. The van der Waals surface area contributed by atoms with Crippen LogP contribution in [0.3, 0.4) is 0 Å². The predicted octanol–water partition coefficient (Wildman–Crippen LogP) is 6.23. The molecule has 4 rings (SSSR count). The highest BCUT2D eigenvalue weighted by Gasteiger charge is 2.36. The fraction of sp³-hybridized carbons (Fsp3) is 0.533. The zero-order valence-electron chi connectivity index (χ0n) is 24.3. The number of anilines is 1. The summed E-state index contributed by atoms with van der Waals surface area (Å²) in [5.74, 6) is 2.27. The Morgan fingerprint density at radius 1 is 1.12 bits per heavy atom. The Labute approximate surface area is 242 Å². The lowest BCUT2D eigenvalue weighted by Crippen LogP contribution is -2.40. The minimum absolute atomic E-state index is 0.00749. The highest BCUT2D eigenvalue weighted by Crippen LogP contribution is 2.42. The lowest BCUT2D eigenvalue weighted by Gasteiger charge is -2.40. The van der Waals surface area contributed by atoms with Crippen LogP contribution in [0.15, 0.2) is 30.5 Å². The van der Waals surface area contributed by atoms with Crippen LogP contribution in [0.25, 0.3) is 11.0 Å². The summed E-state index contributed by atoms with van der Waals surface area (Å²) < 4.78 is 17.1. The number of aromatic nitrogens is 3. The Balaban J connectivity index is 0.00000216. The van der Waals surface area contributed by atoms with Crippen molar-refractivity contribution in [2.75, 3.05) is 32.7 Å². The normalized spacial score (nSPS) is 18.4. The van der Waals surface area contributed by atoms with Crippen LogP contribution in [0.1, 0.15) is 65.0 Å². The number of carbonyl (C=O) groups excluding carboxylic acids is 1. The van der Waals surface area contributed by atoms with Gasteiger partial charge in [0.15, 0.2) is 23.6 Å². The summed E-state index contributed by atoms with van der Waals surface area (Å²) in [5, 5.41) is 7.16. The molecule has 0 saturated heterocycles. The van der Waals surface area contributed by atoms with Gasteiger partial charge >= 0.3 is 0 Å². The molecule has 1 aliphatic carbocycles. The second-order valence-electron chi connectivity index (χ2n) is 9.73. The summed E-state index contributed by atoms with van der Waals surface area (Å²) in [6.45, 7) is 7.48. The molecule has 10 heteroatoms. The first-order valence-corrected chi connectivity index (χ1v) is 14.5. The van der Waals surface area contributed by atoms with Crippen LogP contribution in [-0.2, 0) is 11.3 Å². The Morgan fingerprint density at radius 3 is 2.58 bits per heavy atom. The third kappa shape index (κ3) is 7.95. The maximum Gasteiger partial charge on any atom is 0.213 e. The number of carbonyl (C=O) groups is 1. The number of methoxy groups -OCH3 is 1. The summed E-state index contributed by atoms with van der Waals surface area (Å²) in [7, 11) is 3.38. The van der Waals surface area contributed by atoms with Crippen LogP contribution in [0.4, 0.5) is 5.82 Å². The molecule has 218 valence electrons. The standard InChI is InChI=1S/C28H36ClN5O4.C2H6/c1-4-11-28(18-38-26-21(29)17-32-22-6-8-24(36-3)34-25(22)26)12-9-19(10-13-28)31-16-20-5-7-23(37-15-14-35)27(30-2)33-20;1-2/h5-8,14,17,19,31H,4,9-13,15-16,18H2,1-3H3,(H,30,33);1-2H3. The summed E-state index contributed by atoms with van der Waals surface area (Å²) in [6.07, 6.45) is 8.76. The highest BCUT2D eigenvalue weighted by atomic mass is 35.5. The predicted molar refractivity (Wildman–Crippen MR) is 160 cm³/mol. The van der Waals surface area contributed by atoms with Gasteiger partial charge in [-0.15, -0.1) is 0 Å². The third-order valence-electron chi connectivity index (χ3n) is 7.19. The van der Waals surface area contributed by atoms with Crippen LogP contribution in [0, 0.1) is 5.41 Å². The van der Waals surface area contributed by atoms with Crippen LogP contribution in [0.5, 0.6) is 17.4 Å². The van der Waals surface area contributed by atoms with Crippen molar-refractivity contribution in [2.24, 2.45) is 5.41 Å². The molecule has 0 bridgehead atoms. The largest absolute Gasteiger partial charge is 0.489 e. The number of nitrogens with zero attached hydrogens (tertiary/aromatic N) is 3. The zero-order valence-corrected chi connectivity index (χ0v) is 25.0. The van der Waals surface area contributed by atoms with Gasteiger partial charge in [-0.05, 0) is 50.3 Å². The van der Waals surface area contributed by atoms with Crippen LogP contribution >= 0.6 is 11.6 Å². The first kappa shape index (κ1) is 31.4. The van der Waals surface area contributed by atoms with E-state index in [0.29, 0.717) is 52.9 Å². The number of rotatable bonds is 13. The summed E-state index contributed by atoms with van der Waals surface area (Å²) in [5.41, 5.74) is 2.35. The lowest BCUT2D eigenvalue weighted by atomic mass is 9.70. The van der Waals surface area contributed by atoms with Crippen molar-refractivity contribution in [3.05, 3.63) is 41.2 Å². The molecule has 0 atom stereocenters. The van der Waals surface area contributed by atoms with Gasteiger partial charge in [-0.1, -0.05) is 38.8 Å². The van der Waals surface area contributed by atoms with E-state index in [4.69, 9.17) is 25.8 Å². The summed E-state index contributed by atoms with van der Waals surface area (Å²) >= 11 is 6.51. The third-order valence-corrected chi connectivity index (χ3v) is 7.46. The van der Waals surface area contributed by atoms with Gasteiger partial charge in [0.05, 0.1) is 31.1 Å². The molecule has 0 aromatic carbocycles. The molecule has 0 radical (unpaired) electrons. The van der Waals surface area contributed by atoms with Crippen molar-refractivity contribution in [1.29, 1.82) is 0 Å². The smallest absolute Gasteiger partial charge is 0.213 e. The van der Waals surface area contributed by atoms with Gasteiger partial charge in [-0.25, -0.2) is 9.97 Å². The fourth-order valence-electron chi connectivity index (χ4n) is 5.16. The molecule has 0 spiro atoms. The lowest BCUT2D eigenvalue weighted by molar-refractivity contribution is -0.109. The van der Waals surface area contributed by atoms with Gasteiger partial charge in [0.1, 0.15) is 17.1 Å². The van der Waals surface area contributed by atoms with Crippen molar-refractivity contribution >= 4 is 34.7 Å². The highest BCUT2D eigenvalue weighted by molar-refractivity contribution is 6.32. The number of ether oxygens (including phenoxy) is 3. The van der Waals surface area contributed by atoms with E-state index in [1.54, 1.807) is 26.4 Å². The number of hydrogen-bond donors (Lipinski definition) is 2. The molecule has 1 fully saturated rings. The Morgan fingerprint density at radius 2 is 1.90 bits per heavy atom. The number of fused-ring (bicyclic) bond motifs is 1. The first-order valence-electron chi connectivity index (χ1n) is 14.1. The second-order valence-corrected chi connectivity index (χ2v) is 10.1. The molecule has 3 aromatic heterocycles. The molecule has 2 N–H and O–H groups in total. The van der Waals surface area contributed by atoms with Crippen LogP contribution in [0.2, 0.25) is 5.02 Å². The maximum absolute atomic E-state index is 10.6. The van der Waals surface area contributed by atoms with Gasteiger partial charge in [-0.2, -0.15) is 0 Å². The van der Waals surface area contributed by atoms with Crippen LogP contribution < -0.4 is 24.8 Å². The molecular weight excluding hydrogens is 530 g/mol. The number of halogens is 1. The number of pyridine rings is 3. The Bertz CT molecular complexity index is 1230. The van der Waals surface area contributed by atoms with E-state index in [1.807, 2.05) is 32.0 Å². The van der Waals surface area contributed by atoms with Gasteiger partial charge < -0.3 is 24.8 Å². The van der Waals surface area contributed by atoms with E-state index >= 15 is 0 Å². The van der Waals surface area contributed by atoms with E-state index in [0.717, 1.165) is 56.0 Å². The second kappa shape index (κ2) is 15.6. The molecule has 1 saturated carbocycles. The minimum Gasteiger partial charge on any atom is -0.489 e. The topological polar surface area (TPSA) is 107 Å². The van der Waals surface area contributed by atoms with Gasteiger partial charge in [0.2, 0.25) is 5.88 Å². The maximum atomic E-state index is 10.6. The van der Waals surface area contributed by atoms with E-state index in [9.17, 15) is 4.79 Å². The van der Waals surface area contributed by atoms with E-state index in [1.165, 1.54) is 0 Å². The fourth-order valence-corrected chi connectivity index (χ4v) is 5.36. The Hall–Kier alpha value is -3.17. The van der Waals surface area contributed by atoms with Crippen molar-refractivity contribution < 1.29 is 19.0 Å². The van der Waals surface area contributed by atoms with Crippen molar-refractivity contribution in [3.63, 3.8) is 0 Å². The van der Waals surface area contributed by atoms with Gasteiger partial charge in [0.25, 0.3) is 0 Å². The van der Waals surface area contributed by atoms with Crippen LogP contribution in [-0.4, -0.2) is 54.7 Å². The van der Waals surface area contributed by atoms with E-state index in [-0.39, 0.29) is 12.0 Å². The molecule has 0 aliphatic heterocycles. The van der Waals surface area contributed by atoms with Gasteiger partial charge in [0, 0.05) is 31.1 Å². The molecule has 3 heterocycles. The number of aldehydes is 1. The quantitative estimate of drug-likeness (QED) is 0.231. The average Bonchev–Trinajstić information content (AvgIpc) is 3.00. The van der Waals surface area contributed by atoms with Crippen molar-refractivity contribution in [3.8, 4) is 17.4 Å². The molecule has 0 unspecified atom stereocenters. The summed E-state index contributed by atoms with van der Waals surface area (Å²) in [6, 6.07) is 7.83. The monoisotopic (exact) mass is 571 g/mol. The van der Waals surface area contributed by atoms with Gasteiger partial charge in [-0.3, -0.25) is 9.78 Å². The van der Waals surface area contributed by atoms with Crippen molar-refractivity contribution in [2.45, 2.75) is 71.9 Å². The molecule has 9 nitrogen and oxygen atoms in total. The Kier molecular flexibility index (Phi) is 12.2. The zero-order chi connectivity index (χ0) is 29.0. The van der Waals surface area contributed by atoms with E-state index < -0.39 is 0 Å². The molecular formula is C30H42ClN5O4. The average molecular weight is 572 g/mol. The van der Waals surface area contributed by atoms with Crippen molar-refractivity contribution in [1.82, 2.24) is 20.3 Å². The first-order chi connectivity index (χ1) is 19.5. The molecule has 40 heavy (non-hydrogen) atoms. The minimum atomic E-state index is 0.00749.